The molecule has 190 valence electrons. The Kier molecular flexibility index (Phi) is 8.00. The molecule has 0 radical (unpaired) electrons. The minimum atomic E-state index is -1.47. The maximum absolute atomic E-state index is 12.8. The van der Waals surface area contributed by atoms with Crippen LogP contribution in [0.25, 0.3) is 6.08 Å². The number of fused-ring (bicyclic) bond motifs is 1. The number of carboxylic acid groups (broad SMARTS) is 1. The molecule has 1 heterocycles. The highest BCUT2D eigenvalue weighted by Gasteiger charge is 2.29. The molecule has 12 heteroatoms. The topological polar surface area (TPSA) is 173 Å². The van der Waals surface area contributed by atoms with E-state index >= 15 is 0 Å². The van der Waals surface area contributed by atoms with Gasteiger partial charge in [0, 0.05) is 11.6 Å². The van der Waals surface area contributed by atoms with Crippen LogP contribution in [0.2, 0.25) is 0 Å². The van der Waals surface area contributed by atoms with Gasteiger partial charge in [0.05, 0.1) is 33.3 Å². The van der Waals surface area contributed by atoms with Gasteiger partial charge in [-0.1, -0.05) is 0 Å². The molecule has 0 bridgehead atoms. The number of methoxy groups -OCH3 is 3. The Bertz CT molecular complexity index is 1240. The number of Topliss-reactive ketones (excluding diaryl/α,β-unsaturated/α-hetero) is 1. The standard InChI is InChI=1S/C24H24N2O10/c1-32-16-7-4-12(22(33-2)23(16)34-3)8-18-21(29)14-6-5-13(9-17(14)36-18)35-11-20(28)26-15(24(30)31)10-19(25)27/h4-9,15H,10-11H2,1-3H3,(H2,25,27)(H,26,28)(H,30,31)/b18-8-/t15-/m1/s1. The van der Waals surface area contributed by atoms with Crippen LogP contribution in [0, 0.1) is 0 Å². The average Bonchev–Trinajstić information content (AvgIpc) is 3.15. The van der Waals surface area contributed by atoms with Crippen LogP contribution in [0.3, 0.4) is 0 Å². The van der Waals surface area contributed by atoms with Gasteiger partial charge in [-0.15, -0.1) is 0 Å². The van der Waals surface area contributed by atoms with Crippen LogP contribution >= 0.6 is 0 Å². The van der Waals surface area contributed by atoms with E-state index in [4.69, 9.17) is 34.5 Å². The van der Waals surface area contributed by atoms with Crippen molar-refractivity contribution >= 4 is 29.6 Å². The van der Waals surface area contributed by atoms with E-state index in [0.717, 1.165) is 0 Å². The normalized spacial score (nSPS) is 13.9. The highest BCUT2D eigenvalue weighted by atomic mass is 16.5. The van der Waals surface area contributed by atoms with Crippen LogP contribution in [0.15, 0.2) is 36.1 Å². The summed E-state index contributed by atoms with van der Waals surface area (Å²) in [6, 6.07) is 6.24. The van der Waals surface area contributed by atoms with Gasteiger partial charge in [-0.3, -0.25) is 14.4 Å². The van der Waals surface area contributed by atoms with Gasteiger partial charge in [0.15, 0.2) is 23.9 Å². The summed E-state index contributed by atoms with van der Waals surface area (Å²) in [5.74, 6) is -1.84. The van der Waals surface area contributed by atoms with Crippen molar-refractivity contribution in [2.45, 2.75) is 12.5 Å². The molecule has 2 aromatic rings. The van der Waals surface area contributed by atoms with E-state index in [-0.39, 0.29) is 28.6 Å². The number of hydrogen-bond acceptors (Lipinski definition) is 9. The van der Waals surface area contributed by atoms with Crippen LogP contribution in [0.1, 0.15) is 22.3 Å². The monoisotopic (exact) mass is 500 g/mol. The van der Waals surface area contributed by atoms with Crippen molar-refractivity contribution in [3.8, 4) is 28.7 Å². The molecule has 0 saturated carbocycles. The number of amides is 2. The number of carboxylic acids is 1. The first-order valence-corrected chi connectivity index (χ1v) is 10.5. The number of aliphatic carboxylic acids is 1. The molecule has 0 saturated heterocycles. The van der Waals surface area contributed by atoms with Gasteiger partial charge in [0.1, 0.15) is 17.5 Å². The van der Waals surface area contributed by atoms with Gasteiger partial charge in [0.2, 0.25) is 17.4 Å². The first-order valence-electron chi connectivity index (χ1n) is 10.5. The fraction of sp³-hybridized carbons (Fsp3) is 0.250. The quantitative estimate of drug-likeness (QED) is 0.380. The number of benzene rings is 2. The second kappa shape index (κ2) is 11.1. The number of rotatable bonds is 11. The summed E-state index contributed by atoms with van der Waals surface area (Å²) in [4.78, 5) is 47.0. The number of hydrogen-bond donors (Lipinski definition) is 3. The summed E-state index contributed by atoms with van der Waals surface area (Å²) in [5, 5.41) is 11.2. The lowest BCUT2D eigenvalue weighted by molar-refractivity contribution is -0.143. The summed E-state index contributed by atoms with van der Waals surface area (Å²) >= 11 is 0. The van der Waals surface area contributed by atoms with E-state index in [1.54, 1.807) is 12.1 Å². The first kappa shape index (κ1) is 25.9. The zero-order valence-electron chi connectivity index (χ0n) is 19.7. The smallest absolute Gasteiger partial charge is 0.326 e. The zero-order valence-corrected chi connectivity index (χ0v) is 19.7. The van der Waals surface area contributed by atoms with Gasteiger partial charge < -0.3 is 39.8 Å². The summed E-state index contributed by atoms with van der Waals surface area (Å²) in [6.07, 6.45) is 0.942. The largest absolute Gasteiger partial charge is 0.493 e. The Labute approximate surface area is 205 Å². The molecule has 3 rings (SSSR count). The number of primary amides is 1. The maximum atomic E-state index is 12.8. The summed E-state index contributed by atoms with van der Waals surface area (Å²) in [5.41, 5.74) is 5.79. The Hall–Kier alpha value is -4.74. The Morgan fingerprint density at radius 2 is 1.81 bits per heavy atom. The van der Waals surface area contributed by atoms with Gasteiger partial charge in [-0.2, -0.15) is 0 Å². The second-order valence-corrected chi connectivity index (χ2v) is 7.44. The maximum Gasteiger partial charge on any atom is 0.326 e. The van der Waals surface area contributed by atoms with Crippen molar-refractivity contribution in [2.24, 2.45) is 5.73 Å². The van der Waals surface area contributed by atoms with Crippen LogP contribution in [-0.4, -0.2) is 62.7 Å². The molecule has 0 unspecified atom stereocenters. The van der Waals surface area contributed by atoms with Gasteiger partial charge in [-0.05, 0) is 30.3 Å². The molecule has 2 amide bonds. The van der Waals surface area contributed by atoms with Crippen molar-refractivity contribution in [3.05, 3.63) is 47.2 Å². The molecule has 0 aliphatic carbocycles. The van der Waals surface area contributed by atoms with Gasteiger partial charge >= 0.3 is 5.97 Å². The van der Waals surface area contributed by atoms with E-state index in [0.29, 0.717) is 22.8 Å². The number of ketones is 1. The predicted molar refractivity (Wildman–Crippen MR) is 124 cm³/mol. The van der Waals surface area contributed by atoms with E-state index in [9.17, 15) is 19.2 Å². The minimum absolute atomic E-state index is 0.0289. The molecular formula is C24H24N2O10. The number of allylic oxidation sites excluding steroid dienone is 1. The van der Waals surface area contributed by atoms with E-state index in [1.807, 2.05) is 0 Å². The number of ether oxygens (including phenoxy) is 5. The van der Waals surface area contributed by atoms with Crippen molar-refractivity contribution in [1.29, 1.82) is 0 Å². The lowest BCUT2D eigenvalue weighted by atomic mass is 10.1. The number of carbonyl (C=O) groups excluding carboxylic acids is 3. The minimum Gasteiger partial charge on any atom is -0.493 e. The Balaban J connectivity index is 1.74. The molecule has 0 spiro atoms. The predicted octanol–water partition coefficient (Wildman–Crippen LogP) is 1.15. The average molecular weight is 500 g/mol. The van der Waals surface area contributed by atoms with Gasteiger partial charge in [0.25, 0.3) is 5.91 Å². The van der Waals surface area contributed by atoms with Crippen LogP contribution in [0.5, 0.6) is 28.7 Å². The SMILES string of the molecule is COc1ccc(/C=C2\Oc3cc(OCC(=O)N[C@H](CC(N)=O)C(=O)O)ccc3C2=O)c(OC)c1OC. The molecule has 36 heavy (non-hydrogen) atoms. The summed E-state index contributed by atoms with van der Waals surface area (Å²) in [6.45, 7) is -0.541. The molecule has 2 aromatic carbocycles. The summed E-state index contributed by atoms with van der Waals surface area (Å²) in [7, 11) is 4.41. The van der Waals surface area contributed by atoms with Crippen molar-refractivity contribution in [3.63, 3.8) is 0 Å². The highest BCUT2D eigenvalue weighted by Crippen LogP contribution is 2.42. The third-order valence-electron chi connectivity index (χ3n) is 5.07. The zero-order chi connectivity index (χ0) is 26.4. The molecule has 1 atom stereocenters. The fourth-order valence-corrected chi connectivity index (χ4v) is 3.42. The fourth-order valence-electron chi connectivity index (χ4n) is 3.42. The molecular weight excluding hydrogens is 476 g/mol. The second-order valence-electron chi connectivity index (χ2n) is 7.44. The molecule has 4 N–H and O–H groups in total. The van der Waals surface area contributed by atoms with E-state index < -0.39 is 36.9 Å². The van der Waals surface area contributed by atoms with Crippen molar-refractivity contribution < 1.29 is 48.0 Å². The number of nitrogens with one attached hydrogen (secondary N) is 1. The molecule has 12 nitrogen and oxygen atoms in total. The molecule has 0 aromatic heterocycles. The Morgan fingerprint density at radius 1 is 1.08 bits per heavy atom. The molecule has 1 aliphatic heterocycles. The van der Waals surface area contributed by atoms with Crippen LogP contribution in [-0.2, 0) is 14.4 Å². The molecule has 0 fully saturated rings. The van der Waals surface area contributed by atoms with Crippen LogP contribution in [0.4, 0.5) is 0 Å². The van der Waals surface area contributed by atoms with E-state index in [1.165, 1.54) is 45.6 Å². The number of carbonyl (C=O) groups is 4. The molecule has 1 aliphatic rings. The third-order valence-corrected chi connectivity index (χ3v) is 5.07. The lowest BCUT2D eigenvalue weighted by Crippen LogP contribution is -2.45. The lowest BCUT2D eigenvalue weighted by Gasteiger charge is -2.14. The van der Waals surface area contributed by atoms with Crippen molar-refractivity contribution in [1.82, 2.24) is 5.32 Å². The third kappa shape index (κ3) is 5.66. The summed E-state index contributed by atoms with van der Waals surface area (Å²) < 4.78 is 27.1. The number of nitrogens with two attached hydrogens (primary N) is 1. The highest BCUT2D eigenvalue weighted by molar-refractivity contribution is 6.14. The van der Waals surface area contributed by atoms with E-state index in [2.05, 4.69) is 5.32 Å². The van der Waals surface area contributed by atoms with Crippen molar-refractivity contribution in [2.75, 3.05) is 27.9 Å². The first-order chi connectivity index (χ1) is 17.2. The Morgan fingerprint density at radius 3 is 2.42 bits per heavy atom. The van der Waals surface area contributed by atoms with Gasteiger partial charge in [-0.25, -0.2) is 4.79 Å². The van der Waals surface area contributed by atoms with Crippen LogP contribution < -0.4 is 34.7 Å².